The minimum absolute atomic E-state index is 0.00266. The molecule has 1 unspecified atom stereocenters. The third-order valence-electron chi connectivity index (χ3n) is 3.91. The molecule has 0 spiro atoms. The van der Waals surface area contributed by atoms with Crippen LogP contribution in [-0.2, 0) is 9.59 Å². The molecule has 4 nitrogen and oxygen atoms in total. The molecule has 96 valence electrons. The quantitative estimate of drug-likeness (QED) is 0.798. The van der Waals surface area contributed by atoms with Crippen LogP contribution >= 0.6 is 0 Å². The lowest BCUT2D eigenvalue weighted by atomic mass is 9.84. The molecule has 1 aliphatic carbocycles. The summed E-state index contributed by atoms with van der Waals surface area (Å²) in [5, 5.41) is 2.75. The first-order valence-electron chi connectivity index (χ1n) is 6.04. The molecule has 5 heteroatoms. The molecule has 2 aliphatic rings. The molecule has 1 saturated heterocycles. The van der Waals surface area contributed by atoms with Gasteiger partial charge in [-0.05, 0) is 39.5 Å². The Bertz CT molecular complexity index is 366. The van der Waals surface area contributed by atoms with Crippen molar-refractivity contribution in [1.82, 2.24) is 10.2 Å². The van der Waals surface area contributed by atoms with Gasteiger partial charge in [0.1, 0.15) is 17.8 Å². The maximum atomic E-state index is 12.6. The van der Waals surface area contributed by atoms with E-state index in [4.69, 9.17) is 0 Å². The Morgan fingerprint density at radius 1 is 1.35 bits per heavy atom. The van der Waals surface area contributed by atoms with Gasteiger partial charge in [0.05, 0.1) is 6.54 Å². The number of nitrogens with one attached hydrogen (secondary N) is 1. The van der Waals surface area contributed by atoms with Crippen molar-refractivity contribution in [3.05, 3.63) is 0 Å². The molecule has 1 N–H and O–H groups in total. The first-order chi connectivity index (χ1) is 7.84. The van der Waals surface area contributed by atoms with E-state index < -0.39 is 17.8 Å². The number of rotatable bonds is 3. The minimum atomic E-state index is -0.930. The average Bonchev–Trinajstić information content (AvgIpc) is 3.05. The number of hydrogen-bond donors (Lipinski definition) is 1. The van der Waals surface area contributed by atoms with Crippen LogP contribution in [0.25, 0.3) is 0 Å². The molecule has 1 saturated carbocycles. The van der Waals surface area contributed by atoms with E-state index in [1.807, 2.05) is 0 Å². The normalized spacial score (nSPS) is 32.6. The summed E-state index contributed by atoms with van der Waals surface area (Å²) in [4.78, 5) is 25.9. The third-order valence-corrected chi connectivity index (χ3v) is 3.91. The molecule has 0 aromatic heterocycles. The highest BCUT2D eigenvalue weighted by atomic mass is 19.1. The van der Waals surface area contributed by atoms with Crippen LogP contribution in [0.4, 0.5) is 4.39 Å². The van der Waals surface area contributed by atoms with Gasteiger partial charge in [-0.15, -0.1) is 0 Å². The Labute approximate surface area is 101 Å². The second kappa shape index (κ2) is 3.68. The lowest BCUT2D eigenvalue weighted by Crippen LogP contribution is -2.74. The van der Waals surface area contributed by atoms with Crippen molar-refractivity contribution < 1.29 is 14.0 Å². The summed E-state index contributed by atoms with van der Waals surface area (Å²) >= 11 is 0. The zero-order chi connectivity index (χ0) is 12.8. The van der Waals surface area contributed by atoms with Gasteiger partial charge in [-0.1, -0.05) is 0 Å². The number of alkyl halides is 1. The molecule has 0 radical (unpaired) electrons. The van der Waals surface area contributed by atoms with Crippen molar-refractivity contribution in [2.24, 2.45) is 5.92 Å². The second-order valence-electron chi connectivity index (χ2n) is 5.65. The summed E-state index contributed by atoms with van der Waals surface area (Å²) in [6, 6.07) is 0. The lowest BCUT2D eigenvalue weighted by Gasteiger charge is -2.49. The molecule has 0 aromatic carbocycles. The molecule has 0 bridgehead atoms. The monoisotopic (exact) mass is 242 g/mol. The van der Waals surface area contributed by atoms with Crippen LogP contribution in [0, 0.1) is 5.92 Å². The summed E-state index contributed by atoms with van der Waals surface area (Å²) in [7, 11) is 0. The van der Waals surface area contributed by atoms with Crippen LogP contribution in [0.1, 0.15) is 33.6 Å². The molecule has 1 aliphatic heterocycles. The maximum absolute atomic E-state index is 12.6. The fourth-order valence-electron chi connectivity index (χ4n) is 2.60. The topological polar surface area (TPSA) is 49.4 Å². The van der Waals surface area contributed by atoms with E-state index in [0.29, 0.717) is 0 Å². The Balaban J connectivity index is 2.36. The van der Waals surface area contributed by atoms with E-state index in [-0.39, 0.29) is 24.3 Å². The molecule has 17 heavy (non-hydrogen) atoms. The molecule has 1 atom stereocenters. The Morgan fingerprint density at radius 2 is 1.94 bits per heavy atom. The number of amides is 2. The summed E-state index contributed by atoms with van der Waals surface area (Å²) in [5.41, 5.74) is -1.79. The largest absolute Gasteiger partial charge is 0.340 e. The fraction of sp³-hybridized carbons (Fsp3) is 0.833. The van der Waals surface area contributed by atoms with Crippen molar-refractivity contribution in [1.29, 1.82) is 0 Å². The highest BCUT2D eigenvalue weighted by molar-refractivity contribution is 6.02. The third kappa shape index (κ3) is 1.72. The number of carbonyl (C=O) groups is 2. The highest BCUT2D eigenvalue weighted by Crippen LogP contribution is 2.45. The standard InChI is InChI=1S/C12H19FN2O2/c1-11(2)10(17)15(7-6-13)12(3,8-4-5-8)9(16)14-11/h8H,4-7H2,1-3H3,(H,14,16). The molecular weight excluding hydrogens is 223 g/mol. The zero-order valence-corrected chi connectivity index (χ0v) is 10.5. The average molecular weight is 242 g/mol. The van der Waals surface area contributed by atoms with Crippen LogP contribution < -0.4 is 5.32 Å². The maximum Gasteiger partial charge on any atom is 0.248 e. The summed E-state index contributed by atoms with van der Waals surface area (Å²) in [5.74, 6) is -0.170. The number of carbonyl (C=O) groups excluding carboxylic acids is 2. The van der Waals surface area contributed by atoms with Gasteiger partial charge in [0, 0.05) is 0 Å². The summed E-state index contributed by atoms with van der Waals surface area (Å²) < 4.78 is 12.6. The molecule has 2 fully saturated rings. The SMILES string of the molecule is CC1(C)NC(=O)C(C)(C2CC2)N(CCF)C1=O. The van der Waals surface area contributed by atoms with E-state index >= 15 is 0 Å². The van der Waals surface area contributed by atoms with Gasteiger partial charge < -0.3 is 10.2 Å². The fourth-order valence-corrected chi connectivity index (χ4v) is 2.60. The van der Waals surface area contributed by atoms with Crippen LogP contribution in [0.15, 0.2) is 0 Å². The zero-order valence-electron chi connectivity index (χ0n) is 10.5. The number of nitrogens with zero attached hydrogens (tertiary/aromatic N) is 1. The van der Waals surface area contributed by atoms with Gasteiger partial charge >= 0.3 is 0 Å². The number of piperazine rings is 1. The van der Waals surface area contributed by atoms with Gasteiger partial charge in [-0.2, -0.15) is 0 Å². The minimum Gasteiger partial charge on any atom is -0.340 e. The van der Waals surface area contributed by atoms with Crippen LogP contribution in [0.2, 0.25) is 0 Å². The Kier molecular flexibility index (Phi) is 2.67. The van der Waals surface area contributed by atoms with Crippen molar-refractivity contribution >= 4 is 11.8 Å². The van der Waals surface area contributed by atoms with E-state index in [9.17, 15) is 14.0 Å². The Morgan fingerprint density at radius 3 is 2.41 bits per heavy atom. The van der Waals surface area contributed by atoms with Crippen molar-refractivity contribution in [2.75, 3.05) is 13.2 Å². The first kappa shape index (κ1) is 12.3. The van der Waals surface area contributed by atoms with Crippen molar-refractivity contribution in [3.8, 4) is 0 Å². The molecular formula is C12H19FN2O2. The van der Waals surface area contributed by atoms with Crippen molar-refractivity contribution in [3.63, 3.8) is 0 Å². The van der Waals surface area contributed by atoms with E-state index in [1.165, 1.54) is 4.90 Å². The summed E-state index contributed by atoms with van der Waals surface area (Å²) in [6.07, 6.45) is 1.86. The van der Waals surface area contributed by atoms with Gasteiger partial charge in [-0.3, -0.25) is 9.59 Å². The van der Waals surface area contributed by atoms with E-state index in [1.54, 1.807) is 20.8 Å². The smallest absolute Gasteiger partial charge is 0.248 e. The predicted molar refractivity (Wildman–Crippen MR) is 61.0 cm³/mol. The van der Waals surface area contributed by atoms with E-state index in [0.717, 1.165) is 12.8 Å². The van der Waals surface area contributed by atoms with Gasteiger partial charge in [0.25, 0.3) is 0 Å². The first-order valence-corrected chi connectivity index (χ1v) is 6.04. The van der Waals surface area contributed by atoms with Crippen LogP contribution in [0.5, 0.6) is 0 Å². The van der Waals surface area contributed by atoms with Gasteiger partial charge in [0.15, 0.2) is 0 Å². The van der Waals surface area contributed by atoms with Gasteiger partial charge in [-0.25, -0.2) is 4.39 Å². The molecule has 1 heterocycles. The second-order valence-corrected chi connectivity index (χ2v) is 5.65. The summed E-state index contributed by atoms with van der Waals surface area (Å²) in [6.45, 7) is 4.46. The highest BCUT2D eigenvalue weighted by Gasteiger charge is 2.58. The van der Waals surface area contributed by atoms with Crippen LogP contribution in [-0.4, -0.2) is 41.0 Å². The lowest BCUT2D eigenvalue weighted by molar-refractivity contribution is -0.162. The molecule has 0 aromatic rings. The molecule has 2 rings (SSSR count). The predicted octanol–water partition coefficient (Wildman–Crippen LogP) is 0.862. The van der Waals surface area contributed by atoms with Crippen molar-refractivity contribution in [2.45, 2.75) is 44.7 Å². The Hall–Kier alpha value is -1.13. The number of hydrogen-bond acceptors (Lipinski definition) is 2. The van der Waals surface area contributed by atoms with Crippen LogP contribution in [0.3, 0.4) is 0 Å². The number of halogens is 1. The molecule has 2 amide bonds. The van der Waals surface area contributed by atoms with E-state index in [2.05, 4.69) is 5.32 Å². The van der Waals surface area contributed by atoms with Gasteiger partial charge in [0.2, 0.25) is 11.8 Å².